The molecule has 1 atom stereocenters. The van der Waals surface area contributed by atoms with E-state index in [0.29, 0.717) is 19.0 Å². The van der Waals surface area contributed by atoms with Gasteiger partial charge in [-0.2, -0.15) is 0 Å². The van der Waals surface area contributed by atoms with Gasteiger partial charge in [0.05, 0.1) is 12.8 Å². The van der Waals surface area contributed by atoms with Gasteiger partial charge in [-0.3, -0.25) is 4.90 Å². The topological polar surface area (TPSA) is 67.7 Å². The number of hydrogen-bond donors (Lipinski definition) is 1. The summed E-state index contributed by atoms with van der Waals surface area (Å²) < 4.78 is 11.1. The van der Waals surface area contributed by atoms with Gasteiger partial charge in [0.1, 0.15) is 24.8 Å². The van der Waals surface area contributed by atoms with Crippen molar-refractivity contribution in [2.45, 2.75) is 32.9 Å². The Morgan fingerprint density at radius 3 is 2.88 bits per heavy atom. The molecule has 2 heterocycles. The molecule has 3 rings (SSSR count). The average molecular weight is 343 g/mol. The highest BCUT2D eigenvalue weighted by Gasteiger charge is 2.23. The molecule has 25 heavy (non-hydrogen) atoms. The van der Waals surface area contributed by atoms with Crippen LogP contribution in [-0.4, -0.2) is 52.9 Å². The molecule has 1 aliphatic heterocycles. The third kappa shape index (κ3) is 4.27. The van der Waals surface area contributed by atoms with Crippen LogP contribution >= 0.6 is 0 Å². The molecular formula is C19H25N3O3. The molecule has 6 nitrogen and oxygen atoms in total. The van der Waals surface area contributed by atoms with E-state index in [4.69, 9.17) is 9.47 Å². The maximum atomic E-state index is 10.4. The van der Waals surface area contributed by atoms with E-state index in [-0.39, 0.29) is 6.61 Å². The minimum atomic E-state index is -0.558. The smallest absolute Gasteiger partial charge is 0.220 e. The Balaban J connectivity index is 1.56. The van der Waals surface area contributed by atoms with Crippen LogP contribution in [0.3, 0.4) is 0 Å². The Morgan fingerprint density at radius 2 is 2.12 bits per heavy atom. The number of aromatic nitrogens is 2. The second-order valence-corrected chi connectivity index (χ2v) is 6.53. The van der Waals surface area contributed by atoms with E-state index >= 15 is 0 Å². The number of hydrogen-bond acceptors (Lipinski definition) is 6. The molecule has 0 amide bonds. The maximum absolute atomic E-state index is 10.4. The summed E-state index contributed by atoms with van der Waals surface area (Å²) >= 11 is 0. The van der Waals surface area contributed by atoms with Gasteiger partial charge >= 0.3 is 0 Å². The Bertz CT molecular complexity index is 722. The Hall–Kier alpha value is -2.18. The van der Waals surface area contributed by atoms with Crippen LogP contribution in [0.15, 0.2) is 24.5 Å². The van der Waals surface area contributed by atoms with Crippen LogP contribution < -0.4 is 9.47 Å². The lowest BCUT2D eigenvalue weighted by atomic mass is 10.1. The third-order valence-corrected chi connectivity index (χ3v) is 4.47. The summed E-state index contributed by atoms with van der Waals surface area (Å²) in [4.78, 5) is 10.7. The zero-order chi connectivity index (χ0) is 17.8. The molecule has 0 radical (unpaired) electrons. The van der Waals surface area contributed by atoms with Crippen LogP contribution in [0.5, 0.6) is 11.6 Å². The molecule has 2 aromatic rings. The molecule has 0 bridgehead atoms. The lowest BCUT2D eigenvalue weighted by Gasteiger charge is -2.30. The first kappa shape index (κ1) is 17.6. The molecule has 0 saturated carbocycles. The molecule has 0 aliphatic carbocycles. The molecular weight excluding hydrogens is 318 g/mol. The normalized spacial score (nSPS) is 15.5. The highest BCUT2D eigenvalue weighted by molar-refractivity contribution is 5.35. The fourth-order valence-corrected chi connectivity index (χ4v) is 3.20. The zero-order valence-electron chi connectivity index (χ0n) is 15.0. The summed E-state index contributed by atoms with van der Waals surface area (Å²) in [7, 11) is 1.62. The fraction of sp³-hybridized carbons (Fsp3) is 0.474. The fourth-order valence-electron chi connectivity index (χ4n) is 3.20. The largest absolute Gasteiger partial charge is 0.491 e. The predicted octanol–water partition coefficient (Wildman–Crippen LogP) is 1.90. The van der Waals surface area contributed by atoms with E-state index in [1.165, 1.54) is 5.56 Å². The Labute approximate surface area is 148 Å². The van der Waals surface area contributed by atoms with Gasteiger partial charge in [0, 0.05) is 31.6 Å². The van der Waals surface area contributed by atoms with Gasteiger partial charge in [-0.25, -0.2) is 9.97 Å². The summed E-state index contributed by atoms with van der Waals surface area (Å²) in [6.07, 6.45) is 1.82. The molecule has 6 heteroatoms. The second kappa shape index (κ2) is 7.80. The van der Waals surface area contributed by atoms with Gasteiger partial charge in [0.15, 0.2) is 0 Å². The van der Waals surface area contributed by atoms with Crippen molar-refractivity contribution < 1.29 is 14.6 Å². The number of ether oxygens (including phenoxy) is 2. The zero-order valence-corrected chi connectivity index (χ0v) is 15.0. The lowest BCUT2D eigenvalue weighted by molar-refractivity contribution is 0.0628. The number of β-amino-alcohol motifs (C(OH)–C–C–N with tert-alkyl or cyclic N) is 1. The van der Waals surface area contributed by atoms with E-state index in [1.54, 1.807) is 13.4 Å². The van der Waals surface area contributed by atoms with Gasteiger partial charge in [0.25, 0.3) is 0 Å². The van der Waals surface area contributed by atoms with E-state index in [2.05, 4.69) is 27.9 Å². The third-order valence-electron chi connectivity index (χ3n) is 4.47. The van der Waals surface area contributed by atoms with Crippen molar-refractivity contribution in [1.82, 2.24) is 14.9 Å². The molecule has 1 aromatic carbocycles. The summed E-state index contributed by atoms with van der Waals surface area (Å²) in [6.45, 7) is 6.42. The lowest BCUT2D eigenvalue weighted by Crippen LogP contribution is -2.39. The van der Waals surface area contributed by atoms with Crippen LogP contribution in [0.4, 0.5) is 0 Å². The number of benzene rings is 1. The highest BCUT2D eigenvalue weighted by atomic mass is 16.5. The summed E-state index contributed by atoms with van der Waals surface area (Å²) in [5, 5.41) is 10.4. The number of aliphatic hydroxyl groups excluding tert-OH is 1. The highest BCUT2D eigenvalue weighted by Crippen LogP contribution is 2.24. The van der Waals surface area contributed by atoms with Crippen molar-refractivity contribution >= 4 is 0 Å². The summed E-state index contributed by atoms with van der Waals surface area (Å²) in [5.41, 5.74) is 4.33. The minimum Gasteiger partial charge on any atom is -0.491 e. The number of nitrogens with zero attached hydrogens (tertiary/aromatic N) is 3. The van der Waals surface area contributed by atoms with Gasteiger partial charge in [0.2, 0.25) is 5.88 Å². The van der Waals surface area contributed by atoms with Crippen LogP contribution in [0, 0.1) is 13.8 Å². The molecule has 1 N–H and O–H groups in total. The van der Waals surface area contributed by atoms with Crippen molar-refractivity contribution in [3.63, 3.8) is 0 Å². The SMILES string of the molecule is COc1ncnc2c1CN(C[C@H](O)COc1ccc(C)cc1C)CC2. The number of methoxy groups -OCH3 is 1. The van der Waals surface area contributed by atoms with Crippen molar-refractivity contribution in [2.75, 3.05) is 26.8 Å². The minimum absolute atomic E-state index is 0.273. The molecule has 134 valence electrons. The summed E-state index contributed by atoms with van der Waals surface area (Å²) in [6, 6.07) is 6.05. The van der Waals surface area contributed by atoms with E-state index < -0.39 is 6.10 Å². The van der Waals surface area contributed by atoms with Gasteiger partial charge < -0.3 is 14.6 Å². The molecule has 1 aromatic heterocycles. The predicted molar refractivity (Wildman–Crippen MR) is 95.0 cm³/mol. The van der Waals surface area contributed by atoms with Crippen molar-refractivity contribution in [1.29, 1.82) is 0 Å². The number of rotatable bonds is 6. The van der Waals surface area contributed by atoms with E-state index in [9.17, 15) is 5.11 Å². The van der Waals surface area contributed by atoms with Crippen molar-refractivity contribution in [3.8, 4) is 11.6 Å². The Kier molecular flexibility index (Phi) is 5.50. The first-order valence-electron chi connectivity index (χ1n) is 8.54. The second-order valence-electron chi connectivity index (χ2n) is 6.53. The van der Waals surface area contributed by atoms with Crippen LogP contribution in [0.2, 0.25) is 0 Å². The Morgan fingerprint density at radius 1 is 1.28 bits per heavy atom. The van der Waals surface area contributed by atoms with Crippen molar-refractivity contribution in [2.24, 2.45) is 0 Å². The molecule has 1 aliphatic rings. The average Bonchev–Trinajstić information content (AvgIpc) is 2.60. The molecule has 0 fully saturated rings. The van der Waals surface area contributed by atoms with Gasteiger partial charge in [-0.15, -0.1) is 0 Å². The first-order chi connectivity index (χ1) is 12.1. The van der Waals surface area contributed by atoms with Crippen LogP contribution in [-0.2, 0) is 13.0 Å². The summed E-state index contributed by atoms with van der Waals surface area (Å²) in [5.74, 6) is 1.44. The van der Waals surface area contributed by atoms with Crippen LogP contribution in [0.25, 0.3) is 0 Å². The maximum Gasteiger partial charge on any atom is 0.220 e. The monoisotopic (exact) mass is 343 g/mol. The molecule has 0 spiro atoms. The number of aliphatic hydroxyl groups is 1. The van der Waals surface area contributed by atoms with E-state index in [1.807, 2.05) is 19.1 Å². The standard InChI is InChI=1S/C19H25N3O3/c1-13-4-5-18(14(2)8-13)25-11-15(23)9-22-7-6-17-16(10-22)19(24-3)21-12-20-17/h4-5,8,12,15,23H,6-7,9-11H2,1-3H3/t15-/m0/s1. The molecule has 0 saturated heterocycles. The molecule has 0 unspecified atom stereocenters. The quantitative estimate of drug-likeness (QED) is 0.864. The van der Waals surface area contributed by atoms with Gasteiger partial charge in [-0.05, 0) is 25.5 Å². The van der Waals surface area contributed by atoms with Gasteiger partial charge in [-0.1, -0.05) is 17.7 Å². The number of fused-ring (bicyclic) bond motifs is 1. The number of aryl methyl sites for hydroxylation is 2. The van der Waals surface area contributed by atoms with E-state index in [0.717, 1.165) is 35.5 Å². The first-order valence-corrected chi connectivity index (χ1v) is 8.54. The van der Waals surface area contributed by atoms with Crippen LogP contribution in [0.1, 0.15) is 22.4 Å². The van der Waals surface area contributed by atoms with Crippen molar-refractivity contribution in [3.05, 3.63) is 46.9 Å².